The Balaban J connectivity index is 1.72. The van der Waals surface area contributed by atoms with Crippen LogP contribution in [0.2, 0.25) is 0 Å². The average Bonchev–Trinajstić information content (AvgIpc) is 3.43. The number of aliphatic hydroxyl groups is 7. The van der Waals surface area contributed by atoms with Crippen LogP contribution in [0.3, 0.4) is 0 Å². The van der Waals surface area contributed by atoms with Gasteiger partial charge in [-0.15, -0.1) is 0 Å². The topological polar surface area (TPSA) is 231 Å². The predicted octanol–water partition coefficient (Wildman–Crippen LogP) is 11.2. The molecule has 15 nitrogen and oxygen atoms in total. The van der Waals surface area contributed by atoms with Gasteiger partial charge in [-0.1, -0.05) is 224 Å². The predicted molar refractivity (Wildman–Crippen MR) is 303 cm³/mol. The van der Waals surface area contributed by atoms with Crippen LogP contribution in [0.1, 0.15) is 251 Å². The molecule has 0 saturated carbocycles. The normalized spacial score (nSPS) is 24.4. The lowest BCUT2D eigenvalue weighted by molar-refractivity contribution is -0.332. The molecule has 11 atom stereocenters. The highest BCUT2D eigenvalue weighted by Gasteiger charge is 2.47. The van der Waals surface area contributed by atoms with Gasteiger partial charge in [0.05, 0.1) is 19.8 Å². The van der Waals surface area contributed by atoms with Crippen LogP contribution in [0.25, 0.3) is 0 Å². The first-order valence-electron chi connectivity index (χ1n) is 31.1. The van der Waals surface area contributed by atoms with Gasteiger partial charge in [0.2, 0.25) is 0 Å². The smallest absolute Gasteiger partial charge is 0.306 e. The van der Waals surface area contributed by atoms with Gasteiger partial charge in [-0.2, -0.15) is 0 Å². The van der Waals surface area contributed by atoms with Crippen molar-refractivity contribution in [2.75, 3.05) is 26.4 Å². The molecule has 0 aromatic rings. The van der Waals surface area contributed by atoms with E-state index in [1.807, 2.05) is 0 Å². The second kappa shape index (κ2) is 48.4. The van der Waals surface area contributed by atoms with Gasteiger partial charge >= 0.3 is 11.9 Å². The standard InChI is InChI=1S/C62H112O15/c1-3-5-7-9-11-13-15-17-19-21-23-24-25-27-28-30-32-34-36-38-40-42-44-53(64)72-47-50(75-54(65)45-43-41-39-37-35-33-31-29-26-22-20-18-16-14-12-10-8-6-4-2)48-73-61-60(71)58(69)56(67)52(77-61)49-74-62-59(70)57(68)55(66)51(46-63)76-62/h12,14,18,20,26,29,50-52,55-63,66-71H,3-11,13,15-17,19,21-25,27-28,30-49H2,1-2H3/b14-12-,20-18-,29-26-. The molecule has 11 unspecified atom stereocenters. The zero-order valence-corrected chi connectivity index (χ0v) is 48.2. The SMILES string of the molecule is CCCCC/C=C\C/C=C\C/C=C\CCCCCCCCC(=O)OC(COC(=O)CCCCCCCCCCCCCCCCCCCCCCCC)COC1OC(COC2OC(CO)C(O)C(O)C2O)C(O)C(O)C1O. The molecule has 0 amide bonds. The van der Waals surface area contributed by atoms with Crippen LogP contribution in [0, 0.1) is 0 Å². The second-order valence-corrected chi connectivity index (χ2v) is 21.9. The Hall–Kier alpha value is -2.28. The number of hydrogen-bond donors (Lipinski definition) is 7. The summed E-state index contributed by atoms with van der Waals surface area (Å²) >= 11 is 0. The Kier molecular flexibility index (Phi) is 44.5. The van der Waals surface area contributed by atoms with Gasteiger partial charge in [0.15, 0.2) is 18.7 Å². The van der Waals surface area contributed by atoms with E-state index in [2.05, 4.69) is 50.3 Å². The molecule has 2 rings (SSSR count). The number of aliphatic hydroxyl groups excluding tert-OH is 7. The van der Waals surface area contributed by atoms with Crippen LogP contribution in [0.4, 0.5) is 0 Å². The molecule has 0 aliphatic carbocycles. The Bertz CT molecular complexity index is 1480. The van der Waals surface area contributed by atoms with E-state index in [9.17, 15) is 45.3 Å². The van der Waals surface area contributed by atoms with Crippen molar-refractivity contribution >= 4 is 11.9 Å². The van der Waals surface area contributed by atoms with E-state index in [1.165, 1.54) is 141 Å². The third kappa shape index (κ3) is 35.2. The number of carbonyl (C=O) groups excluding carboxylic acids is 2. The summed E-state index contributed by atoms with van der Waals surface area (Å²) in [4.78, 5) is 26.0. The molecule has 0 radical (unpaired) electrons. The number of unbranched alkanes of at least 4 members (excludes halogenated alkanes) is 30. The van der Waals surface area contributed by atoms with Crippen LogP contribution < -0.4 is 0 Å². The van der Waals surface area contributed by atoms with Crippen molar-refractivity contribution in [1.82, 2.24) is 0 Å². The van der Waals surface area contributed by atoms with Crippen LogP contribution in [0.5, 0.6) is 0 Å². The van der Waals surface area contributed by atoms with E-state index < -0.39 is 92.7 Å². The van der Waals surface area contributed by atoms with Crippen molar-refractivity contribution in [3.63, 3.8) is 0 Å². The molecule has 2 fully saturated rings. The van der Waals surface area contributed by atoms with Gasteiger partial charge in [-0.3, -0.25) is 9.59 Å². The van der Waals surface area contributed by atoms with Crippen LogP contribution in [-0.4, -0.2) is 142 Å². The average molecular weight is 1100 g/mol. The molecular formula is C62H112O15. The molecule has 15 heteroatoms. The molecule has 7 N–H and O–H groups in total. The molecule has 2 aliphatic rings. The summed E-state index contributed by atoms with van der Waals surface area (Å²) in [5.41, 5.74) is 0. The summed E-state index contributed by atoms with van der Waals surface area (Å²) in [5, 5.41) is 72.4. The molecule has 450 valence electrons. The fraction of sp³-hybridized carbons (Fsp3) is 0.871. The van der Waals surface area contributed by atoms with Crippen molar-refractivity contribution in [3.05, 3.63) is 36.5 Å². The zero-order valence-electron chi connectivity index (χ0n) is 48.2. The van der Waals surface area contributed by atoms with Crippen molar-refractivity contribution in [2.24, 2.45) is 0 Å². The maximum Gasteiger partial charge on any atom is 0.306 e. The molecule has 0 aromatic heterocycles. The van der Waals surface area contributed by atoms with Gasteiger partial charge in [0.25, 0.3) is 0 Å². The van der Waals surface area contributed by atoms with Gasteiger partial charge in [-0.25, -0.2) is 0 Å². The number of esters is 2. The highest BCUT2D eigenvalue weighted by atomic mass is 16.7. The summed E-state index contributed by atoms with van der Waals surface area (Å²) in [7, 11) is 0. The lowest BCUT2D eigenvalue weighted by Crippen LogP contribution is -2.61. The third-order valence-electron chi connectivity index (χ3n) is 14.9. The summed E-state index contributed by atoms with van der Waals surface area (Å²) in [6.07, 6.45) is 38.8. The van der Waals surface area contributed by atoms with Crippen molar-refractivity contribution in [1.29, 1.82) is 0 Å². The first-order valence-corrected chi connectivity index (χ1v) is 31.1. The number of allylic oxidation sites excluding steroid dienone is 6. The Morgan fingerprint density at radius 1 is 0.416 bits per heavy atom. The fourth-order valence-electron chi connectivity index (χ4n) is 9.81. The number of ether oxygens (including phenoxy) is 6. The van der Waals surface area contributed by atoms with Crippen LogP contribution in [-0.2, 0) is 38.0 Å². The largest absolute Gasteiger partial charge is 0.462 e. The lowest BCUT2D eigenvalue weighted by Gasteiger charge is -2.42. The molecule has 2 saturated heterocycles. The molecule has 2 heterocycles. The number of hydrogen-bond acceptors (Lipinski definition) is 15. The van der Waals surface area contributed by atoms with Gasteiger partial charge in [-0.05, 0) is 51.4 Å². The highest BCUT2D eigenvalue weighted by Crippen LogP contribution is 2.27. The first-order chi connectivity index (χ1) is 37.5. The van der Waals surface area contributed by atoms with E-state index in [4.69, 9.17) is 28.4 Å². The van der Waals surface area contributed by atoms with E-state index in [-0.39, 0.29) is 26.1 Å². The first kappa shape index (κ1) is 70.8. The third-order valence-corrected chi connectivity index (χ3v) is 14.9. The van der Waals surface area contributed by atoms with Crippen LogP contribution >= 0.6 is 0 Å². The minimum Gasteiger partial charge on any atom is -0.462 e. The summed E-state index contributed by atoms with van der Waals surface area (Å²) < 4.78 is 33.7. The van der Waals surface area contributed by atoms with Crippen molar-refractivity contribution in [2.45, 2.75) is 319 Å². The summed E-state index contributed by atoms with van der Waals surface area (Å²) in [5.74, 6) is -0.927. The Labute approximate surface area is 465 Å². The van der Waals surface area contributed by atoms with E-state index in [0.29, 0.717) is 12.8 Å². The Morgan fingerprint density at radius 3 is 1.25 bits per heavy atom. The summed E-state index contributed by atoms with van der Waals surface area (Å²) in [6, 6.07) is 0. The number of rotatable bonds is 50. The van der Waals surface area contributed by atoms with E-state index in [1.54, 1.807) is 0 Å². The minimum absolute atomic E-state index is 0.152. The molecule has 0 aromatic carbocycles. The maximum absolute atomic E-state index is 13.1. The monoisotopic (exact) mass is 1100 g/mol. The maximum atomic E-state index is 13.1. The quantitative estimate of drug-likeness (QED) is 0.0171. The lowest BCUT2D eigenvalue weighted by atomic mass is 9.98. The zero-order chi connectivity index (χ0) is 56.0. The minimum atomic E-state index is -1.77. The molecule has 2 aliphatic heterocycles. The molecule has 0 spiro atoms. The number of carbonyl (C=O) groups is 2. The Morgan fingerprint density at radius 2 is 0.779 bits per heavy atom. The van der Waals surface area contributed by atoms with E-state index >= 15 is 0 Å². The van der Waals surface area contributed by atoms with Gasteiger partial charge in [0.1, 0.15) is 55.4 Å². The molecule has 0 bridgehead atoms. The second-order valence-electron chi connectivity index (χ2n) is 21.9. The summed E-state index contributed by atoms with van der Waals surface area (Å²) in [6.45, 7) is 2.60. The van der Waals surface area contributed by atoms with Crippen molar-refractivity contribution in [3.8, 4) is 0 Å². The molecular weight excluding hydrogens is 985 g/mol. The van der Waals surface area contributed by atoms with E-state index in [0.717, 1.165) is 70.6 Å². The van der Waals surface area contributed by atoms with Gasteiger partial charge < -0.3 is 64.2 Å². The fourth-order valence-corrected chi connectivity index (χ4v) is 9.81. The highest BCUT2D eigenvalue weighted by molar-refractivity contribution is 5.70. The molecule has 77 heavy (non-hydrogen) atoms. The van der Waals surface area contributed by atoms with Crippen LogP contribution in [0.15, 0.2) is 36.5 Å². The van der Waals surface area contributed by atoms with Crippen molar-refractivity contribution < 1.29 is 73.8 Å². The van der Waals surface area contributed by atoms with Gasteiger partial charge in [0, 0.05) is 12.8 Å².